The molecule has 0 fully saturated rings. The Labute approximate surface area is 123 Å². The van der Waals surface area contributed by atoms with Crippen LogP contribution in [0.15, 0.2) is 12.1 Å². The van der Waals surface area contributed by atoms with Crippen molar-refractivity contribution in [2.24, 2.45) is 5.92 Å². The largest absolute Gasteiger partial charge is 0.300 e. The molecular formula is C14H17Cl3O. The second-order valence-corrected chi connectivity index (χ2v) is 5.82. The molecule has 1 aromatic rings. The molecule has 1 aromatic carbocycles. The molecule has 0 aromatic heterocycles. The third kappa shape index (κ3) is 4.46. The average Bonchev–Trinajstić information content (AvgIpc) is 2.30. The monoisotopic (exact) mass is 306 g/mol. The Kier molecular flexibility index (Phi) is 6.48. The van der Waals surface area contributed by atoms with Crippen LogP contribution in [0.25, 0.3) is 0 Å². The molecule has 100 valence electrons. The molecule has 0 aliphatic carbocycles. The first-order valence-electron chi connectivity index (χ1n) is 6.09. The summed E-state index contributed by atoms with van der Waals surface area (Å²) in [5, 5.41) is 1.61. The van der Waals surface area contributed by atoms with E-state index in [0.717, 1.165) is 12.0 Å². The minimum absolute atomic E-state index is 0.220. The highest BCUT2D eigenvalue weighted by atomic mass is 35.5. The Hall–Kier alpha value is -0.240. The number of halogens is 3. The van der Waals surface area contributed by atoms with Crippen LogP contribution in [0.5, 0.6) is 0 Å². The van der Waals surface area contributed by atoms with Crippen LogP contribution in [0.2, 0.25) is 15.1 Å². The fraction of sp³-hybridized carbons (Fsp3) is 0.500. The number of carbonyl (C=O) groups excluding carboxylic acids is 1. The quantitative estimate of drug-likeness (QED) is 0.627. The molecule has 18 heavy (non-hydrogen) atoms. The third-order valence-corrected chi connectivity index (χ3v) is 3.99. The van der Waals surface area contributed by atoms with Gasteiger partial charge in [0.15, 0.2) is 0 Å². The van der Waals surface area contributed by atoms with Gasteiger partial charge in [0.1, 0.15) is 5.78 Å². The maximum Gasteiger partial charge on any atom is 0.133 e. The Morgan fingerprint density at radius 2 is 1.83 bits per heavy atom. The first kappa shape index (κ1) is 15.8. The van der Waals surface area contributed by atoms with Crippen molar-refractivity contribution < 1.29 is 4.79 Å². The SMILES string of the molecule is CCCC(=O)CC(C)Cc1c(Cl)ccc(Cl)c1Cl. The molecule has 0 saturated heterocycles. The maximum atomic E-state index is 11.6. The first-order valence-corrected chi connectivity index (χ1v) is 7.23. The van der Waals surface area contributed by atoms with Gasteiger partial charge in [-0.3, -0.25) is 4.79 Å². The van der Waals surface area contributed by atoms with E-state index in [4.69, 9.17) is 34.8 Å². The van der Waals surface area contributed by atoms with Gasteiger partial charge in [0.05, 0.1) is 10.0 Å². The van der Waals surface area contributed by atoms with Crippen molar-refractivity contribution in [1.29, 1.82) is 0 Å². The maximum absolute atomic E-state index is 11.6. The number of ketones is 1. The Bertz CT molecular complexity index is 429. The minimum atomic E-state index is 0.220. The summed E-state index contributed by atoms with van der Waals surface area (Å²) in [4.78, 5) is 11.6. The highest BCUT2D eigenvalue weighted by Gasteiger charge is 2.15. The van der Waals surface area contributed by atoms with E-state index < -0.39 is 0 Å². The summed E-state index contributed by atoms with van der Waals surface area (Å²) in [6, 6.07) is 3.42. The number of carbonyl (C=O) groups is 1. The van der Waals surface area contributed by atoms with E-state index in [-0.39, 0.29) is 5.92 Å². The summed E-state index contributed by atoms with van der Waals surface area (Å²) < 4.78 is 0. The van der Waals surface area contributed by atoms with E-state index in [1.807, 2.05) is 13.8 Å². The van der Waals surface area contributed by atoms with Crippen LogP contribution in [-0.4, -0.2) is 5.78 Å². The smallest absolute Gasteiger partial charge is 0.133 e. The lowest BCUT2D eigenvalue weighted by molar-refractivity contribution is -0.119. The van der Waals surface area contributed by atoms with Crippen LogP contribution >= 0.6 is 34.8 Å². The Morgan fingerprint density at radius 1 is 1.22 bits per heavy atom. The summed E-state index contributed by atoms with van der Waals surface area (Å²) >= 11 is 18.2. The number of rotatable bonds is 6. The fourth-order valence-corrected chi connectivity index (χ4v) is 2.65. The fourth-order valence-electron chi connectivity index (χ4n) is 1.95. The minimum Gasteiger partial charge on any atom is -0.300 e. The van der Waals surface area contributed by atoms with Crippen molar-refractivity contribution in [3.63, 3.8) is 0 Å². The molecule has 0 amide bonds. The summed E-state index contributed by atoms with van der Waals surface area (Å²) in [5.74, 6) is 0.511. The summed E-state index contributed by atoms with van der Waals surface area (Å²) in [6.45, 7) is 4.04. The van der Waals surface area contributed by atoms with E-state index in [9.17, 15) is 4.79 Å². The first-order chi connectivity index (χ1) is 8.45. The normalized spacial score (nSPS) is 12.5. The van der Waals surface area contributed by atoms with Crippen LogP contribution in [0, 0.1) is 5.92 Å². The molecule has 1 atom stereocenters. The second kappa shape index (κ2) is 7.37. The van der Waals surface area contributed by atoms with E-state index in [2.05, 4.69) is 0 Å². The summed E-state index contributed by atoms with van der Waals surface area (Å²) in [6.07, 6.45) is 2.77. The Morgan fingerprint density at radius 3 is 2.44 bits per heavy atom. The van der Waals surface area contributed by atoms with Crippen molar-refractivity contribution in [3.8, 4) is 0 Å². The van der Waals surface area contributed by atoms with Gasteiger partial charge >= 0.3 is 0 Å². The summed E-state index contributed by atoms with van der Waals surface area (Å²) in [7, 11) is 0. The van der Waals surface area contributed by atoms with Crippen molar-refractivity contribution in [2.45, 2.75) is 39.5 Å². The van der Waals surface area contributed by atoms with E-state index in [1.165, 1.54) is 0 Å². The molecule has 0 heterocycles. The Balaban J connectivity index is 2.73. The van der Waals surface area contributed by atoms with Crippen molar-refractivity contribution >= 4 is 40.6 Å². The van der Waals surface area contributed by atoms with Gasteiger partial charge in [0.25, 0.3) is 0 Å². The number of hydrogen-bond acceptors (Lipinski definition) is 1. The molecule has 4 heteroatoms. The molecule has 1 nitrogen and oxygen atoms in total. The lowest BCUT2D eigenvalue weighted by Gasteiger charge is -2.14. The zero-order chi connectivity index (χ0) is 13.7. The van der Waals surface area contributed by atoms with Crippen LogP contribution < -0.4 is 0 Å². The van der Waals surface area contributed by atoms with Crippen molar-refractivity contribution in [1.82, 2.24) is 0 Å². The molecule has 0 N–H and O–H groups in total. The van der Waals surface area contributed by atoms with Crippen LogP contribution in [0.1, 0.15) is 38.7 Å². The summed E-state index contributed by atoms with van der Waals surface area (Å²) in [5.41, 5.74) is 0.836. The van der Waals surface area contributed by atoms with Crippen molar-refractivity contribution in [3.05, 3.63) is 32.8 Å². The third-order valence-electron chi connectivity index (χ3n) is 2.80. The van der Waals surface area contributed by atoms with Crippen LogP contribution in [0.3, 0.4) is 0 Å². The van der Waals surface area contributed by atoms with Crippen LogP contribution in [-0.2, 0) is 11.2 Å². The van der Waals surface area contributed by atoms with Gasteiger partial charge in [0.2, 0.25) is 0 Å². The number of hydrogen-bond donors (Lipinski definition) is 0. The molecule has 0 spiro atoms. The lowest BCUT2D eigenvalue weighted by Crippen LogP contribution is -2.08. The molecular weight excluding hydrogens is 291 g/mol. The van der Waals surface area contributed by atoms with E-state index in [1.54, 1.807) is 12.1 Å². The molecule has 1 unspecified atom stereocenters. The predicted octanol–water partition coefficient (Wildman–Crippen LogP) is 5.58. The topological polar surface area (TPSA) is 17.1 Å². The molecule has 0 aliphatic heterocycles. The van der Waals surface area contributed by atoms with Gasteiger partial charge in [-0.15, -0.1) is 0 Å². The molecule has 0 aliphatic rings. The zero-order valence-electron chi connectivity index (χ0n) is 10.6. The van der Waals surface area contributed by atoms with E-state index >= 15 is 0 Å². The molecule has 1 rings (SSSR count). The predicted molar refractivity (Wildman–Crippen MR) is 78.9 cm³/mol. The van der Waals surface area contributed by atoms with E-state index in [0.29, 0.717) is 40.1 Å². The van der Waals surface area contributed by atoms with Crippen LogP contribution in [0.4, 0.5) is 0 Å². The van der Waals surface area contributed by atoms with Gasteiger partial charge in [-0.05, 0) is 36.5 Å². The highest BCUT2D eigenvalue weighted by molar-refractivity contribution is 6.44. The lowest BCUT2D eigenvalue weighted by atomic mass is 9.95. The molecule has 0 bridgehead atoms. The van der Waals surface area contributed by atoms with Gasteiger partial charge in [-0.2, -0.15) is 0 Å². The number of benzene rings is 1. The van der Waals surface area contributed by atoms with Crippen molar-refractivity contribution in [2.75, 3.05) is 0 Å². The molecule has 0 saturated carbocycles. The number of Topliss-reactive ketones (excluding diaryl/α,β-unsaturated/α-hetero) is 1. The van der Waals surface area contributed by atoms with Gasteiger partial charge < -0.3 is 0 Å². The standard InChI is InChI=1S/C14H17Cl3O/c1-3-4-10(18)7-9(2)8-11-12(15)5-6-13(16)14(11)17/h5-6,9H,3-4,7-8H2,1-2H3. The molecule has 0 radical (unpaired) electrons. The second-order valence-electron chi connectivity index (χ2n) is 4.62. The zero-order valence-corrected chi connectivity index (χ0v) is 12.9. The average molecular weight is 308 g/mol. The highest BCUT2D eigenvalue weighted by Crippen LogP contribution is 2.33. The van der Waals surface area contributed by atoms with Gasteiger partial charge in [-0.25, -0.2) is 0 Å². The van der Waals surface area contributed by atoms with Gasteiger partial charge in [0, 0.05) is 17.9 Å². The van der Waals surface area contributed by atoms with Gasteiger partial charge in [-0.1, -0.05) is 48.7 Å².